The van der Waals surface area contributed by atoms with Gasteiger partial charge in [-0.2, -0.15) is 0 Å². The third-order valence-corrected chi connectivity index (χ3v) is 3.19. The number of nitrogens with one attached hydrogen (secondary N) is 1. The molecule has 0 fully saturated rings. The van der Waals surface area contributed by atoms with E-state index in [9.17, 15) is 5.11 Å². The molecule has 0 aliphatic carbocycles. The van der Waals surface area contributed by atoms with Gasteiger partial charge in [0, 0.05) is 17.6 Å². The fraction of sp³-hybridized carbons (Fsp3) is 0.600. The molecule has 2 N–H and O–H groups in total. The van der Waals surface area contributed by atoms with Gasteiger partial charge in [-0.3, -0.25) is 0 Å². The van der Waals surface area contributed by atoms with E-state index >= 15 is 0 Å². The van der Waals surface area contributed by atoms with Crippen molar-refractivity contribution in [2.45, 2.75) is 32.8 Å². The predicted molar refractivity (Wildman–Crippen MR) is 82.6 cm³/mol. The summed E-state index contributed by atoms with van der Waals surface area (Å²) in [4.78, 5) is 0. The smallest absolute Gasteiger partial charge is 0.120 e. The minimum absolute atomic E-state index is 0.495. The van der Waals surface area contributed by atoms with Crippen LogP contribution in [-0.4, -0.2) is 30.4 Å². The molecule has 3 nitrogen and oxygen atoms in total. The third-order valence-electron chi connectivity index (χ3n) is 2.70. The first-order valence-electron chi connectivity index (χ1n) is 6.70. The number of halogens is 1. The normalized spacial score (nSPS) is 14.4. The van der Waals surface area contributed by atoms with Crippen LogP contribution in [0.3, 0.4) is 0 Å². The van der Waals surface area contributed by atoms with Gasteiger partial charge in [-0.15, -0.1) is 0 Å². The van der Waals surface area contributed by atoms with Gasteiger partial charge in [0.05, 0.1) is 5.60 Å². The molecule has 1 aromatic carbocycles. The standard InChI is InChI=1S/C15H24BrNO2/c1-12(2)10-15(3,18)11-17-7-8-19-14-6-4-5-13(16)9-14/h4-6,9,12,17-18H,7-8,10-11H2,1-3H3. The summed E-state index contributed by atoms with van der Waals surface area (Å²) in [5, 5.41) is 13.4. The van der Waals surface area contributed by atoms with E-state index in [2.05, 4.69) is 35.1 Å². The third kappa shape index (κ3) is 7.55. The monoisotopic (exact) mass is 329 g/mol. The Bertz CT molecular complexity index is 380. The highest BCUT2D eigenvalue weighted by Gasteiger charge is 2.20. The van der Waals surface area contributed by atoms with Gasteiger partial charge in [0.2, 0.25) is 0 Å². The van der Waals surface area contributed by atoms with E-state index < -0.39 is 5.60 Å². The topological polar surface area (TPSA) is 41.5 Å². The molecule has 4 heteroatoms. The van der Waals surface area contributed by atoms with Gasteiger partial charge in [-0.05, 0) is 37.5 Å². The molecule has 19 heavy (non-hydrogen) atoms. The lowest BCUT2D eigenvalue weighted by Crippen LogP contribution is -2.40. The SMILES string of the molecule is CC(C)CC(C)(O)CNCCOc1cccc(Br)c1. The molecule has 0 radical (unpaired) electrons. The van der Waals surface area contributed by atoms with Gasteiger partial charge in [0.25, 0.3) is 0 Å². The summed E-state index contributed by atoms with van der Waals surface area (Å²) in [6.45, 7) is 8.01. The molecule has 0 bridgehead atoms. The maximum Gasteiger partial charge on any atom is 0.120 e. The zero-order chi connectivity index (χ0) is 14.3. The first kappa shape index (κ1) is 16.5. The summed E-state index contributed by atoms with van der Waals surface area (Å²) >= 11 is 3.41. The molecule has 1 atom stereocenters. The fourth-order valence-corrected chi connectivity index (χ4v) is 2.49. The van der Waals surface area contributed by atoms with Crippen molar-refractivity contribution in [2.24, 2.45) is 5.92 Å². The molecule has 1 unspecified atom stereocenters. The van der Waals surface area contributed by atoms with E-state index in [0.717, 1.165) is 23.2 Å². The van der Waals surface area contributed by atoms with Crippen LogP contribution in [0.15, 0.2) is 28.7 Å². The molecule has 0 amide bonds. The van der Waals surface area contributed by atoms with E-state index in [1.807, 2.05) is 31.2 Å². The van der Waals surface area contributed by atoms with E-state index in [1.54, 1.807) is 0 Å². The molecular formula is C15H24BrNO2. The fourth-order valence-electron chi connectivity index (χ4n) is 2.11. The maximum atomic E-state index is 10.1. The Balaban J connectivity index is 2.18. The second-order valence-corrected chi connectivity index (χ2v) is 6.49. The first-order valence-corrected chi connectivity index (χ1v) is 7.50. The average Bonchev–Trinajstić information content (AvgIpc) is 2.26. The second kappa shape index (κ2) is 7.88. The Hall–Kier alpha value is -0.580. The molecule has 1 aromatic rings. The number of hydrogen-bond acceptors (Lipinski definition) is 3. The van der Waals surface area contributed by atoms with Crippen LogP contribution >= 0.6 is 15.9 Å². The van der Waals surface area contributed by atoms with Crippen LogP contribution in [0.25, 0.3) is 0 Å². The molecule has 0 aromatic heterocycles. The Kier molecular flexibility index (Phi) is 6.83. The predicted octanol–water partition coefficient (Wildman–Crippen LogP) is 3.21. The van der Waals surface area contributed by atoms with Crippen LogP contribution in [0.5, 0.6) is 5.75 Å². The van der Waals surface area contributed by atoms with Crippen molar-refractivity contribution < 1.29 is 9.84 Å². The molecule has 0 spiro atoms. The summed E-state index contributed by atoms with van der Waals surface area (Å²) < 4.78 is 6.62. The van der Waals surface area contributed by atoms with Crippen LogP contribution in [0, 0.1) is 5.92 Å². The van der Waals surface area contributed by atoms with E-state index in [0.29, 0.717) is 19.1 Å². The zero-order valence-electron chi connectivity index (χ0n) is 11.9. The van der Waals surface area contributed by atoms with Gasteiger partial charge in [-0.1, -0.05) is 35.8 Å². The van der Waals surface area contributed by atoms with E-state index in [-0.39, 0.29) is 0 Å². The van der Waals surface area contributed by atoms with Crippen LogP contribution in [-0.2, 0) is 0 Å². The van der Waals surface area contributed by atoms with Crippen LogP contribution in [0.4, 0.5) is 0 Å². The summed E-state index contributed by atoms with van der Waals surface area (Å²) in [5.41, 5.74) is -0.649. The van der Waals surface area contributed by atoms with Crippen molar-refractivity contribution in [3.05, 3.63) is 28.7 Å². The summed E-state index contributed by atoms with van der Waals surface area (Å²) in [5.74, 6) is 1.35. The Morgan fingerprint density at radius 1 is 1.42 bits per heavy atom. The highest BCUT2D eigenvalue weighted by atomic mass is 79.9. The molecule has 0 saturated carbocycles. The summed E-state index contributed by atoms with van der Waals surface area (Å²) in [6, 6.07) is 7.78. The number of benzene rings is 1. The van der Waals surface area contributed by atoms with E-state index in [4.69, 9.17) is 4.74 Å². The Morgan fingerprint density at radius 2 is 2.16 bits per heavy atom. The first-order chi connectivity index (χ1) is 8.89. The number of rotatable bonds is 8. The molecule has 1 rings (SSSR count). The Morgan fingerprint density at radius 3 is 2.79 bits per heavy atom. The zero-order valence-corrected chi connectivity index (χ0v) is 13.5. The van der Waals surface area contributed by atoms with Gasteiger partial charge in [-0.25, -0.2) is 0 Å². The molecular weight excluding hydrogens is 306 g/mol. The average molecular weight is 330 g/mol. The van der Waals surface area contributed by atoms with Crippen molar-refractivity contribution in [3.8, 4) is 5.75 Å². The molecule has 0 aliphatic rings. The number of ether oxygens (including phenoxy) is 1. The molecule has 0 aliphatic heterocycles. The maximum absolute atomic E-state index is 10.1. The van der Waals surface area contributed by atoms with Gasteiger partial charge < -0.3 is 15.2 Å². The largest absolute Gasteiger partial charge is 0.492 e. The van der Waals surface area contributed by atoms with Crippen LogP contribution in [0.2, 0.25) is 0 Å². The van der Waals surface area contributed by atoms with Crippen LogP contribution in [0.1, 0.15) is 27.2 Å². The van der Waals surface area contributed by atoms with Crippen molar-refractivity contribution >= 4 is 15.9 Å². The Labute approximate surface area is 124 Å². The van der Waals surface area contributed by atoms with Crippen molar-refractivity contribution in [1.82, 2.24) is 5.32 Å². The lowest BCUT2D eigenvalue weighted by molar-refractivity contribution is 0.0380. The van der Waals surface area contributed by atoms with E-state index in [1.165, 1.54) is 0 Å². The highest BCUT2D eigenvalue weighted by Crippen LogP contribution is 2.17. The summed E-state index contributed by atoms with van der Waals surface area (Å²) in [6.07, 6.45) is 0.798. The molecule has 0 saturated heterocycles. The van der Waals surface area contributed by atoms with Gasteiger partial charge >= 0.3 is 0 Å². The van der Waals surface area contributed by atoms with Crippen molar-refractivity contribution in [1.29, 1.82) is 0 Å². The number of aliphatic hydroxyl groups is 1. The highest BCUT2D eigenvalue weighted by molar-refractivity contribution is 9.10. The van der Waals surface area contributed by atoms with Gasteiger partial charge in [0.15, 0.2) is 0 Å². The second-order valence-electron chi connectivity index (χ2n) is 5.58. The number of hydrogen-bond donors (Lipinski definition) is 2. The van der Waals surface area contributed by atoms with Gasteiger partial charge in [0.1, 0.15) is 12.4 Å². The minimum atomic E-state index is -0.649. The minimum Gasteiger partial charge on any atom is -0.492 e. The lowest BCUT2D eigenvalue weighted by atomic mass is 9.94. The molecule has 0 heterocycles. The summed E-state index contributed by atoms with van der Waals surface area (Å²) in [7, 11) is 0. The lowest BCUT2D eigenvalue weighted by Gasteiger charge is -2.25. The van der Waals surface area contributed by atoms with Crippen LogP contribution < -0.4 is 10.1 Å². The molecule has 108 valence electrons. The quantitative estimate of drug-likeness (QED) is 0.719. The van der Waals surface area contributed by atoms with Crippen molar-refractivity contribution in [3.63, 3.8) is 0 Å². The van der Waals surface area contributed by atoms with Crippen molar-refractivity contribution in [2.75, 3.05) is 19.7 Å².